The summed E-state index contributed by atoms with van der Waals surface area (Å²) in [6.45, 7) is 8.47. The lowest BCUT2D eigenvalue weighted by Gasteiger charge is -2.34. The van der Waals surface area contributed by atoms with Crippen LogP contribution < -0.4 is 5.73 Å². The van der Waals surface area contributed by atoms with Gasteiger partial charge in [-0.1, -0.05) is 0 Å². The zero-order valence-electron chi connectivity index (χ0n) is 12.0. The van der Waals surface area contributed by atoms with Gasteiger partial charge in [-0.25, -0.2) is 4.98 Å². The van der Waals surface area contributed by atoms with E-state index in [1.807, 2.05) is 0 Å². The number of nitrogens with zero attached hydrogens (tertiary/aromatic N) is 4. The molecule has 0 unspecified atom stereocenters. The van der Waals surface area contributed by atoms with E-state index in [9.17, 15) is 0 Å². The number of likely N-dealkylation sites (N-methyl/N-ethyl adjacent to an activating group) is 1. The van der Waals surface area contributed by atoms with E-state index in [0.717, 1.165) is 31.2 Å². The maximum atomic E-state index is 5.60. The second-order valence-corrected chi connectivity index (χ2v) is 6.30. The molecule has 5 nitrogen and oxygen atoms in total. The summed E-state index contributed by atoms with van der Waals surface area (Å²) in [5.74, 6) is 0. The van der Waals surface area contributed by atoms with Crippen molar-refractivity contribution in [3.63, 3.8) is 0 Å². The Balaban J connectivity index is 1.71. The lowest BCUT2D eigenvalue weighted by Crippen LogP contribution is -2.47. The fourth-order valence-corrected chi connectivity index (χ4v) is 2.92. The van der Waals surface area contributed by atoms with Crippen LogP contribution in [0, 0.1) is 0 Å². The van der Waals surface area contributed by atoms with Gasteiger partial charge in [0, 0.05) is 57.7 Å². The van der Waals surface area contributed by atoms with Gasteiger partial charge in [0.25, 0.3) is 0 Å². The van der Waals surface area contributed by atoms with Crippen LogP contribution in [0.5, 0.6) is 0 Å². The van der Waals surface area contributed by atoms with Crippen molar-refractivity contribution in [3.8, 4) is 0 Å². The minimum Gasteiger partial charge on any atom is -0.325 e. The van der Waals surface area contributed by atoms with Gasteiger partial charge >= 0.3 is 0 Å². The molecule has 1 aliphatic heterocycles. The monoisotopic (exact) mass is 283 g/mol. The Morgan fingerprint density at radius 2 is 1.95 bits per heavy atom. The summed E-state index contributed by atoms with van der Waals surface area (Å²) in [5, 5.41) is 3.18. The van der Waals surface area contributed by atoms with Gasteiger partial charge in [-0.05, 0) is 14.1 Å². The normalized spacial score (nSPS) is 18.3. The highest BCUT2D eigenvalue weighted by atomic mass is 32.1. The molecule has 0 radical (unpaired) electrons. The molecular formula is C13H25N5S. The van der Waals surface area contributed by atoms with Crippen molar-refractivity contribution < 1.29 is 0 Å². The molecule has 0 bridgehead atoms. The quantitative estimate of drug-likeness (QED) is 0.813. The Kier molecular flexibility index (Phi) is 5.72. The smallest absolute Gasteiger partial charge is 0.106 e. The molecule has 2 N–H and O–H groups in total. The minimum absolute atomic E-state index is 0.559. The van der Waals surface area contributed by atoms with Crippen LogP contribution in [0.3, 0.4) is 0 Å². The third kappa shape index (κ3) is 4.81. The fraction of sp³-hybridized carbons (Fsp3) is 0.769. The summed E-state index contributed by atoms with van der Waals surface area (Å²) in [6.07, 6.45) is 0. The minimum atomic E-state index is 0.559. The van der Waals surface area contributed by atoms with Gasteiger partial charge in [0.2, 0.25) is 0 Å². The summed E-state index contributed by atoms with van der Waals surface area (Å²) in [5.41, 5.74) is 6.77. The SMILES string of the molecule is CN(C)CCN1CCN(Cc2csc(CN)n2)CC1. The Hall–Kier alpha value is -0.530. The third-order valence-corrected chi connectivity index (χ3v) is 4.41. The summed E-state index contributed by atoms with van der Waals surface area (Å²) < 4.78 is 0. The van der Waals surface area contributed by atoms with Gasteiger partial charge in [-0.3, -0.25) is 9.80 Å². The van der Waals surface area contributed by atoms with E-state index >= 15 is 0 Å². The van der Waals surface area contributed by atoms with Gasteiger partial charge in [0.1, 0.15) is 5.01 Å². The number of hydrogen-bond acceptors (Lipinski definition) is 6. The van der Waals surface area contributed by atoms with Gasteiger partial charge in [-0.15, -0.1) is 11.3 Å². The van der Waals surface area contributed by atoms with E-state index in [1.54, 1.807) is 11.3 Å². The Morgan fingerprint density at radius 3 is 2.53 bits per heavy atom. The molecule has 1 aliphatic rings. The van der Waals surface area contributed by atoms with Crippen molar-refractivity contribution in [1.82, 2.24) is 19.7 Å². The average molecular weight is 283 g/mol. The maximum Gasteiger partial charge on any atom is 0.106 e. The average Bonchev–Trinajstić information content (AvgIpc) is 2.85. The summed E-state index contributed by atoms with van der Waals surface area (Å²) in [6, 6.07) is 0. The highest BCUT2D eigenvalue weighted by Gasteiger charge is 2.17. The molecule has 19 heavy (non-hydrogen) atoms. The first-order chi connectivity index (χ1) is 9.17. The zero-order valence-corrected chi connectivity index (χ0v) is 12.8. The van der Waals surface area contributed by atoms with Crippen LogP contribution >= 0.6 is 11.3 Å². The fourth-order valence-electron chi connectivity index (χ4n) is 2.26. The number of thiazole rings is 1. The number of piperazine rings is 1. The molecule has 108 valence electrons. The number of nitrogens with two attached hydrogens (primary N) is 1. The van der Waals surface area contributed by atoms with Crippen LogP contribution in [0.1, 0.15) is 10.7 Å². The highest BCUT2D eigenvalue weighted by Crippen LogP contribution is 2.12. The summed E-state index contributed by atoms with van der Waals surface area (Å²) >= 11 is 1.67. The molecule has 0 saturated carbocycles. The van der Waals surface area contributed by atoms with E-state index in [2.05, 4.69) is 39.2 Å². The molecular weight excluding hydrogens is 258 g/mol. The van der Waals surface area contributed by atoms with Gasteiger partial charge in [0.05, 0.1) is 5.69 Å². The first kappa shape index (κ1) is 14.9. The van der Waals surface area contributed by atoms with E-state index in [4.69, 9.17) is 5.73 Å². The molecule has 0 atom stereocenters. The molecule has 6 heteroatoms. The maximum absolute atomic E-state index is 5.60. The van der Waals surface area contributed by atoms with Crippen LogP contribution in [-0.2, 0) is 13.1 Å². The number of aromatic nitrogens is 1. The Labute approximate surface area is 120 Å². The van der Waals surface area contributed by atoms with Crippen molar-refractivity contribution in [2.75, 3.05) is 53.4 Å². The second kappa shape index (κ2) is 7.31. The molecule has 1 aromatic rings. The first-order valence-corrected chi connectivity index (χ1v) is 7.78. The standard InChI is InChI=1S/C13H25N5S/c1-16(2)3-4-17-5-7-18(8-6-17)10-12-11-19-13(9-14)15-12/h11H,3-10,14H2,1-2H3. The predicted molar refractivity (Wildman–Crippen MR) is 80.3 cm³/mol. The van der Waals surface area contributed by atoms with E-state index < -0.39 is 0 Å². The van der Waals surface area contributed by atoms with Gasteiger partial charge in [0.15, 0.2) is 0 Å². The van der Waals surface area contributed by atoms with Crippen LogP contribution in [0.4, 0.5) is 0 Å². The van der Waals surface area contributed by atoms with Gasteiger partial charge in [-0.2, -0.15) is 0 Å². The largest absolute Gasteiger partial charge is 0.325 e. The van der Waals surface area contributed by atoms with Crippen molar-refractivity contribution in [3.05, 3.63) is 16.1 Å². The molecule has 0 amide bonds. The summed E-state index contributed by atoms with van der Waals surface area (Å²) in [4.78, 5) is 11.8. The van der Waals surface area contributed by atoms with Crippen molar-refractivity contribution in [1.29, 1.82) is 0 Å². The molecule has 0 aliphatic carbocycles. The van der Waals surface area contributed by atoms with E-state index in [-0.39, 0.29) is 0 Å². The molecule has 0 aromatic carbocycles. The molecule has 1 aromatic heterocycles. The number of hydrogen-bond donors (Lipinski definition) is 1. The van der Waals surface area contributed by atoms with Crippen molar-refractivity contribution in [2.24, 2.45) is 5.73 Å². The van der Waals surface area contributed by atoms with Crippen molar-refractivity contribution >= 4 is 11.3 Å². The first-order valence-electron chi connectivity index (χ1n) is 6.90. The zero-order chi connectivity index (χ0) is 13.7. The Bertz CT molecular complexity index is 371. The molecule has 0 spiro atoms. The molecule has 1 saturated heterocycles. The van der Waals surface area contributed by atoms with Crippen molar-refractivity contribution in [2.45, 2.75) is 13.1 Å². The topological polar surface area (TPSA) is 48.6 Å². The molecule has 2 rings (SSSR count). The van der Waals surface area contributed by atoms with Crippen LogP contribution in [0.2, 0.25) is 0 Å². The van der Waals surface area contributed by atoms with Crippen LogP contribution in [-0.4, -0.2) is 73.0 Å². The third-order valence-electron chi connectivity index (χ3n) is 3.49. The predicted octanol–water partition coefficient (Wildman–Crippen LogP) is 0.281. The lowest BCUT2D eigenvalue weighted by molar-refractivity contribution is 0.120. The Morgan fingerprint density at radius 1 is 1.26 bits per heavy atom. The lowest BCUT2D eigenvalue weighted by atomic mass is 10.3. The molecule has 1 fully saturated rings. The van der Waals surface area contributed by atoms with E-state index in [0.29, 0.717) is 6.54 Å². The molecule has 2 heterocycles. The van der Waals surface area contributed by atoms with E-state index in [1.165, 1.54) is 25.3 Å². The second-order valence-electron chi connectivity index (χ2n) is 5.36. The highest BCUT2D eigenvalue weighted by molar-refractivity contribution is 7.09. The number of rotatable bonds is 6. The van der Waals surface area contributed by atoms with Gasteiger partial charge < -0.3 is 10.6 Å². The van der Waals surface area contributed by atoms with Crippen LogP contribution in [0.25, 0.3) is 0 Å². The summed E-state index contributed by atoms with van der Waals surface area (Å²) in [7, 11) is 4.26. The van der Waals surface area contributed by atoms with Crippen LogP contribution in [0.15, 0.2) is 5.38 Å².